The van der Waals surface area contributed by atoms with E-state index >= 15 is 0 Å². The Balaban J connectivity index is 2.27. The van der Waals surface area contributed by atoms with Crippen LogP contribution in [0.3, 0.4) is 0 Å². The van der Waals surface area contributed by atoms with E-state index in [0.29, 0.717) is 5.02 Å². The number of hydrogen-bond donors (Lipinski definition) is 1. The van der Waals surface area contributed by atoms with Gasteiger partial charge in [-0.15, -0.1) is 0 Å². The molecule has 0 saturated heterocycles. The van der Waals surface area contributed by atoms with Gasteiger partial charge in [0, 0.05) is 19.3 Å². The third kappa shape index (κ3) is 4.63. The fraction of sp³-hybridized carbons (Fsp3) is 0.278. The molecule has 0 aromatic heterocycles. The van der Waals surface area contributed by atoms with E-state index in [2.05, 4.69) is 17.2 Å². The molecule has 0 saturated carbocycles. The molecule has 2 rings (SSSR count). The molecule has 0 aliphatic heterocycles. The predicted molar refractivity (Wildman–Crippen MR) is 98.9 cm³/mol. The van der Waals surface area contributed by atoms with Crippen LogP contribution in [0.1, 0.15) is 12.5 Å². The van der Waals surface area contributed by atoms with Crippen LogP contribution < -0.4 is 10.1 Å². The molecule has 0 spiro atoms. The van der Waals surface area contributed by atoms with Gasteiger partial charge in [0.2, 0.25) is 0 Å². The fourth-order valence-electron chi connectivity index (χ4n) is 2.01. The predicted octanol–water partition coefficient (Wildman–Crippen LogP) is 5.01. The first kappa shape index (κ1) is 17.2. The molecule has 0 radical (unpaired) electrons. The highest BCUT2D eigenvalue weighted by Gasteiger charge is 2.08. The highest BCUT2D eigenvalue weighted by Crippen LogP contribution is 2.35. The zero-order valence-corrected chi connectivity index (χ0v) is 14.7. The van der Waals surface area contributed by atoms with E-state index in [9.17, 15) is 0 Å². The number of rotatable bonds is 6. The Morgan fingerprint density at radius 2 is 1.96 bits per heavy atom. The van der Waals surface area contributed by atoms with Crippen LogP contribution in [0.5, 0.6) is 5.75 Å². The van der Waals surface area contributed by atoms with Gasteiger partial charge in [-0.1, -0.05) is 11.6 Å². The molecule has 0 atom stereocenters. The van der Waals surface area contributed by atoms with Crippen LogP contribution in [-0.2, 0) is 0 Å². The van der Waals surface area contributed by atoms with Gasteiger partial charge in [-0.2, -0.15) is 0 Å². The molecule has 2 aromatic carbocycles. The van der Waals surface area contributed by atoms with Gasteiger partial charge in [0.1, 0.15) is 5.75 Å². The van der Waals surface area contributed by atoms with Gasteiger partial charge >= 0.3 is 0 Å². The molecule has 0 amide bonds. The van der Waals surface area contributed by atoms with Gasteiger partial charge in [0.05, 0.1) is 29.8 Å². The average Bonchev–Trinajstić information content (AvgIpc) is 2.56. The summed E-state index contributed by atoms with van der Waals surface area (Å²) in [5, 5.41) is 3.94. The number of benzene rings is 2. The molecule has 0 unspecified atom stereocenters. The van der Waals surface area contributed by atoms with Crippen molar-refractivity contribution in [1.82, 2.24) is 4.90 Å². The number of anilines is 2. The van der Waals surface area contributed by atoms with E-state index < -0.39 is 0 Å². The summed E-state index contributed by atoms with van der Waals surface area (Å²) < 4.78 is 5.17. The van der Waals surface area contributed by atoms with Crippen molar-refractivity contribution in [2.24, 2.45) is 4.99 Å². The lowest BCUT2D eigenvalue weighted by Gasteiger charge is -2.13. The summed E-state index contributed by atoms with van der Waals surface area (Å²) in [6.07, 6.45) is 1.79. The topological polar surface area (TPSA) is 36.9 Å². The summed E-state index contributed by atoms with van der Waals surface area (Å²) in [5.74, 6) is 0.818. The van der Waals surface area contributed by atoms with E-state index in [4.69, 9.17) is 16.3 Å². The van der Waals surface area contributed by atoms with Gasteiger partial charge in [0.15, 0.2) is 0 Å². The third-order valence-corrected chi connectivity index (χ3v) is 3.86. The van der Waals surface area contributed by atoms with Crippen LogP contribution in [0, 0.1) is 6.92 Å². The molecule has 0 aliphatic rings. The molecule has 0 heterocycles. The lowest BCUT2D eigenvalue weighted by atomic mass is 10.2. The average molecular weight is 332 g/mol. The first-order valence-corrected chi connectivity index (χ1v) is 7.87. The van der Waals surface area contributed by atoms with Crippen molar-refractivity contribution < 1.29 is 4.74 Å². The van der Waals surface area contributed by atoms with Crippen LogP contribution >= 0.6 is 11.6 Å². The van der Waals surface area contributed by atoms with Gasteiger partial charge in [0.25, 0.3) is 0 Å². The number of methoxy groups -OCH3 is 1. The smallest absolute Gasteiger partial charge is 0.119 e. The number of aliphatic imine (C=N–C) groups is 1. The highest BCUT2D eigenvalue weighted by atomic mass is 35.5. The van der Waals surface area contributed by atoms with Crippen LogP contribution in [0.2, 0.25) is 5.02 Å². The molecule has 2 aromatic rings. The van der Waals surface area contributed by atoms with E-state index in [1.54, 1.807) is 13.4 Å². The first-order chi connectivity index (χ1) is 11.0. The number of hydrogen-bond acceptors (Lipinski definition) is 3. The van der Waals surface area contributed by atoms with Crippen molar-refractivity contribution in [3.63, 3.8) is 0 Å². The maximum absolute atomic E-state index is 6.50. The van der Waals surface area contributed by atoms with Crippen LogP contribution in [0.25, 0.3) is 0 Å². The number of aryl methyl sites for hydroxylation is 1. The fourth-order valence-corrected chi connectivity index (χ4v) is 2.21. The summed E-state index contributed by atoms with van der Waals surface area (Å²) in [7, 11) is 3.63. The second-order valence-corrected chi connectivity index (χ2v) is 5.69. The third-order valence-electron chi connectivity index (χ3n) is 3.46. The van der Waals surface area contributed by atoms with E-state index in [1.165, 1.54) is 0 Å². The summed E-state index contributed by atoms with van der Waals surface area (Å²) in [6, 6.07) is 11.7. The first-order valence-electron chi connectivity index (χ1n) is 7.49. The quantitative estimate of drug-likeness (QED) is 0.597. The lowest BCUT2D eigenvalue weighted by molar-refractivity contribution is 0.415. The Hall–Kier alpha value is -2.20. The molecule has 0 fully saturated rings. The van der Waals surface area contributed by atoms with E-state index in [1.807, 2.05) is 55.3 Å². The molecule has 0 bridgehead atoms. The van der Waals surface area contributed by atoms with Gasteiger partial charge in [-0.05, 0) is 55.8 Å². The minimum absolute atomic E-state index is 0.604. The SMILES string of the molecule is CCN(C)C=Nc1cc(C)cc(Nc2ccc(OC)cc2)c1Cl. The van der Waals surface area contributed by atoms with Crippen molar-refractivity contribution in [3.05, 3.63) is 47.0 Å². The standard InChI is InChI=1S/C18H22ClN3O/c1-5-22(3)12-20-16-10-13(2)11-17(18(16)19)21-14-6-8-15(23-4)9-7-14/h6-12,21H,5H2,1-4H3. The summed E-state index contributed by atoms with van der Waals surface area (Å²) in [6.45, 7) is 4.99. The van der Waals surface area contributed by atoms with Crippen molar-refractivity contribution in [1.29, 1.82) is 0 Å². The Kier molecular flexibility index (Phi) is 5.88. The Morgan fingerprint density at radius 1 is 1.26 bits per heavy atom. The maximum atomic E-state index is 6.50. The minimum Gasteiger partial charge on any atom is -0.497 e. The van der Waals surface area contributed by atoms with Crippen LogP contribution in [-0.4, -0.2) is 31.9 Å². The Morgan fingerprint density at radius 3 is 2.57 bits per heavy atom. The number of nitrogens with one attached hydrogen (secondary N) is 1. The molecule has 1 N–H and O–H groups in total. The maximum Gasteiger partial charge on any atom is 0.119 e. The summed E-state index contributed by atoms with van der Waals surface area (Å²) in [5.41, 5.74) is 3.63. The highest BCUT2D eigenvalue weighted by molar-refractivity contribution is 6.36. The van der Waals surface area contributed by atoms with Crippen LogP contribution in [0.4, 0.5) is 17.1 Å². The lowest BCUT2D eigenvalue weighted by Crippen LogP contribution is -2.14. The number of nitrogens with zero attached hydrogens (tertiary/aromatic N) is 2. The van der Waals surface area contributed by atoms with E-state index in [0.717, 1.165) is 34.9 Å². The summed E-state index contributed by atoms with van der Waals surface area (Å²) >= 11 is 6.50. The van der Waals surface area contributed by atoms with Gasteiger partial charge < -0.3 is 15.0 Å². The Labute approximate surface area is 142 Å². The van der Waals surface area contributed by atoms with Crippen molar-refractivity contribution in [3.8, 4) is 5.75 Å². The summed E-state index contributed by atoms with van der Waals surface area (Å²) in [4.78, 5) is 6.47. The van der Waals surface area contributed by atoms with Gasteiger partial charge in [-0.3, -0.25) is 0 Å². The zero-order valence-electron chi connectivity index (χ0n) is 13.9. The monoisotopic (exact) mass is 331 g/mol. The van der Waals surface area contributed by atoms with Crippen molar-refractivity contribution in [2.45, 2.75) is 13.8 Å². The number of halogens is 1. The molecule has 122 valence electrons. The second-order valence-electron chi connectivity index (χ2n) is 5.32. The molecule has 4 nitrogen and oxygen atoms in total. The second kappa shape index (κ2) is 7.88. The molecule has 5 heteroatoms. The molecule has 0 aliphatic carbocycles. The zero-order chi connectivity index (χ0) is 16.8. The minimum atomic E-state index is 0.604. The van der Waals surface area contributed by atoms with Crippen LogP contribution in [0.15, 0.2) is 41.4 Å². The normalized spacial score (nSPS) is 10.8. The number of ether oxygens (including phenoxy) is 1. The van der Waals surface area contributed by atoms with Gasteiger partial charge in [-0.25, -0.2) is 4.99 Å². The molecule has 23 heavy (non-hydrogen) atoms. The van der Waals surface area contributed by atoms with E-state index in [-0.39, 0.29) is 0 Å². The van der Waals surface area contributed by atoms with Crippen molar-refractivity contribution >= 4 is 35.0 Å². The van der Waals surface area contributed by atoms with Crippen molar-refractivity contribution in [2.75, 3.05) is 26.0 Å². The molecular formula is C18H22ClN3O. The Bertz CT molecular complexity index is 683. The molecular weight excluding hydrogens is 310 g/mol. The largest absolute Gasteiger partial charge is 0.497 e.